The Kier molecular flexibility index (Phi) is 7.00. The third-order valence-corrected chi connectivity index (χ3v) is 5.15. The van der Waals surface area contributed by atoms with E-state index >= 15 is 0 Å². The molecule has 2 aromatic carbocycles. The molecule has 3 rings (SSSR count). The van der Waals surface area contributed by atoms with Crippen molar-refractivity contribution in [2.75, 3.05) is 11.4 Å². The maximum absolute atomic E-state index is 12.6. The highest BCUT2D eigenvalue weighted by Gasteiger charge is 2.24. The predicted molar refractivity (Wildman–Crippen MR) is 111 cm³/mol. The van der Waals surface area contributed by atoms with Gasteiger partial charge in [0.1, 0.15) is 0 Å². The summed E-state index contributed by atoms with van der Waals surface area (Å²) >= 11 is 0. The minimum absolute atomic E-state index is 0.00420. The van der Waals surface area contributed by atoms with E-state index in [0.29, 0.717) is 25.8 Å². The minimum Gasteiger partial charge on any atom is -0.481 e. The second-order valence-corrected chi connectivity index (χ2v) is 7.31. The lowest BCUT2D eigenvalue weighted by atomic mass is 10.0. The average molecular weight is 394 g/mol. The van der Waals surface area contributed by atoms with Gasteiger partial charge in [0.05, 0.1) is 0 Å². The molecule has 2 amide bonds. The molecular formula is C23H26N2O4. The van der Waals surface area contributed by atoms with Gasteiger partial charge in [-0.2, -0.15) is 0 Å². The summed E-state index contributed by atoms with van der Waals surface area (Å²) in [5, 5.41) is 12.0. The van der Waals surface area contributed by atoms with Crippen molar-refractivity contribution < 1.29 is 19.5 Å². The van der Waals surface area contributed by atoms with Crippen molar-refractivity contribution in [1.82, 2.24) is 5.32 Å². The molecule has 0 aliphatic carbocycles. The van der Waals surface area contributed by atoms with Gasteiger partial charge >= 0.3 is 5.97 Å². The fourth-order valence-electron chi connectivity index (χ4n) is 3.68. The standard InChI is InChI=1S/C23H26N2O4/c26-21(14-15-25-20-9-5-4-8-18(20)10-12-22(25)27)24-19(11-13-23(28)29)16-17-6-2-1-3-7-17/h1-9,19H,10-16H2,(H,24,26)(H,28,29). The summed E-state index contributed by atoms with van der Waals surface area (Å²) in [5.41, 5.74) is 3.04. The lowest BCUT2D eigenvalue weighted by Gasteiger charge is -2.29. The van der Waals surface area contributed by atoms with Crippen molar-refractivity contribution in [2.24, 2.45) is 0 Å². The maximum atomic E-state index is 12.6. The molecule has 0 fully saturated rings. The zero-order valence-corrected chi connectivity index (χ0v) is 16.3. The number of para-hydroxylation sites is 1. The van der Waals surface area contributed by atoms with E-state index < -0.39 is 5.97 Å². The van der Waals surface area contributed by atoms with Crippen molar-refractivity contribution in [1.29, 1.82) is 0 Å². The number of benzene rings is 2. The van der Waals surface area contributed by atoms with Gasteiger partial charge in [-0.15, -0.1) is 0 Å². The third-order valence-electron chi connectivity index (χ3n) is 5.15. The Morgan fingerprint density at radius 2 is 1.72 bits per heavy atom. The molecule has 0 bridgehead atoms. The summed E-state index contributed by atoms with van der Waals surface area (Å²) in [6.07, 6.45) is 2.29. The predicted octanol–water partition coefficient (Wildman–Crippen LogP) is 2.95. The quantitative estimate of drug-likeness (QED) is 0.685. The van der Waals surface area contributed by atoms with Crippen molar-refractivity contribution in [3.8, 4) is 0 Å². The molecule has 0 saturated heterocycles. The van der Waals surface area contributed by atoms with Crippen molar-refractivity contribution >= 4 is 23.5 Å². The largest absolute Gasteiger partial charge is 0.481 e. The van der Waals surface area contributed by atoms with E-state index in [0.717, 1.165) is 23.2 Å². The molecule has 1 atom stereocenters. The zero-order valence-electron chi connectivity index (χ0n) is 16.3. The fraction of sp³-hybridized carbons (Fsp3) is 0.348. The molecule has 1 heterocycles. The van der Waals surface area contributed by atoms with Crippen LogP contribution in [0.2, 0.25) is 0 Å². The van der Waals surface area contributed by atoms with Gasteiger partial charge in [0.15, 0.2) is 0 Å². The summed E-state index contributed by atoms with van der Waals surface area (Å²) in [6, 6.07) is 17.2. The Bertz CT molecular complexity index is 866. The summed E-state index contributed by atoms with van der Waals surface area (Å²) in [4.78, 5) is 37.5. The van der Waals surface area contributed by atoms with E-state index in [1.807, 2.05) is 54.6 Å². The van der Waals surface area contributed by atoms with Gasteiger partial charge in [-0.3, -0.25) is 14.4 Å². The Balaban J connectivity index is 1.59. The molecule has 0 aromatic heterocycles. The number of aliphatic carboxylic acids is 1. The van der Waals surface area contributed by atoms with Crippen LogP contribution in [0.25, 0.3) is 0 Å². The van der Waals surface area contributed by atoms with Crippen LogP contribution in [0.3, 0.4) is 0 Å². The Labute approximate surface area is 170 Å². The third kappa shape index (κ3) is 5.91. The molecule has 2 aromatic rings. The van der Waals surface area contributed by atoms with Crippen LogP contribution in [0, 0.1) is 0 Å². The zero-order chi connectivity index (χ0) is 20.6. The summed E-state index contributed by atoms with van der Waals surface area (Å²) in [5.74, 6) is -1.02. The minimum atomic E-state index is -0.882. The van der Waals surface area contributed by atoms with Gasteiger partial charge in [0, 0.05) is 37.5 Å². The molecule has 6 nitrogen and oxygen atoms in total. The number of aryl methyl sites for hydroxylation is 1. The lowest BCUT2D eigenvalue weighted by molar-refractivity contribution is -0.137. The molecule has 6 heteroatoms. The molecule has 1 unspecified atom stereocenters. The molecule has 1 aliphatic heterocycles. The maximum Gasteiger partial charge on any atom is 0.303 e. The molecule has 0 radical (unpaired) electrons. The molecule has 0 saturated carbocycles. The highest BCUT2D eigenvalue weighted by Crippen LogP contribution is 2.27. The number of hydrogen-bond acceptors (Lipinski definition) is 3. The number of carboxylic acid groups (broad SMARTS) is 1. The molecular weight excluding hydrogens is 368 g/mol. The fourth-order valence-corrected chi connectivity index (χ4v) is 3.68. The first-order valence-electron chi connectivity index (χ1n) is 9.96. The van der Waals surface area contributed by atoms with Crippen LogP contribution in [0.5, 0.6) is 0 Å². The van der Waals surface area contributed by atoms with E-state index in [4.69, 9.17) is 5.11 Å². The molecule has 1 aliphatic rings. The van der Waals surface area contributed by atoms with Gasteiger partial charge in [-0.25, -0.2) is 0 Å². The lowest BCUT2D eigenvalue weighted by Crippen LogP contribution is -2.41. The Morgan fingerprint density at radius 3 is 2.48 bits per heavy atom. The number of amides is 2. The van der Waals surface area contributed by atoms with Gasteiger partial charge in [0.2, 0.25) is 11.8 Å². The highest BCUT2D eigenvalue weighted by molar-refractivity contribution is 5.97. The topological polar surface area (TPSA) is 86.7 Å². The van der Waals surface area contributed by atoms with Crippen molar-refractivity contribution in [2.45, 2.75) is 44.6 Å². The van der Waals surface area contributed by atoms with Crippen LogP contribution >= 0.6 is 0 Å². The Hall–Kier alpha value is -3.15. The number of hydrogen-bond donors (Lipinski definition) is 2. The van der Waals surface area contributed by atoms with Crippen LogP contribution in [0.15, 0.2) is 54.6 Å². The van der Waals surface area contributed by atoms with Crippen molar-refractivity contribution in [3.63, 3.8) is 0 Å². The van der Waals surface area contributed by atoms with E-state index in [9.17, 15) is 14.4 Å². The van der Waals surface area contributed by atoms with Crippen molar-refractivity contribution in [3.05, 3.63) is 65.7 Å². The first-order valence-corrected chi connectivity index (χ1v) is 9.96. The first kappa shape index (κ1) is 20.6. The average Bonchev–Trinajstić information content (AvgIpc) is 2.72. The number of nitrogens with zero attached hydrogens (tertiary/aromatic N) is 1. The second-order valence-electron chi connectivity index (χ2n) is 7.31. The highest BCUT2D eigenvalue weighted by atomic mass is 16.4. The number of nitrogens with one attached hydrogen (secondary N) is 1. The van der Waals surface area contributed by atoms with Gasteiger partial charge in [-0.05, 0) is 36.5 Å². The molecule has 2 N–H and O–H groups in total. The van der Waals surface area contributed by atoms with E-state index in [2.05, 4.69) is 5.32 Å². The second kappa shape index (κ2) is 9.87. The Morgan fingerprint density at radius 1 is 1.00 bits per heavy atom. The van der Waals surface area contributed by atoms with Crippen LogP contribution in [-0.2, 0) is 27.2 Å². The first-order chi connectivity index (χ1) is 14.0. The molecule has 0 spiro atoms. The van der Waals surface area contributed by atoms with Crippen LogP contribution < -0.4 is 10.2 Å². The number of carbonyl (C=O) groups is 3. The number of carbonyl (C=O) groups excluding carboxylic acids is 2. The molecule has 152 valence electrons. The SMILES string of the molecule is O=C(O)CCC(Cc1ccccc1)NC(=O)CCN1C(=O)CCc2ccccc21. The van der Waals surface area contributed by atoms with E-state index in [1.54, 1.807) is 4.90 Å². The van der Waals surface area contributed by atoms with Gasteiger partial charge in [0.25, 0.3) is 0 Å². The number of rotatable bonds is 9. The number of fused-ring (bicyclic) bond motifs is 1. The smallest absolute Gasteiger partial charge is 0.303 e. The van der Waals surface area contributed by atoms with E-state index in [1.165, 1.54) is 0 Å². The normalized spacial score (nSPS) is 14.2. The van der Waals surface area contributed by atoms with Gasteiger partial charge < -0.3 is 15.3 Å². The summed E-state index contributed by atoms with van der Waals surface area (Å²) in [6.45, 7) is 0.318. The van der Waals surface area contributed by atoms with E-state index in [-0.39, 0.29) is 30.7 Å². The van der Waals surface area contributed by atoms with Gasteiger partial charge in [-0.1, -0.05) is 48.5 Å². The van der Waals surface area contributed by atoms with Crippen LogP contribution in [0.1, 0.15) is 36.8 Å². The summed E-state index contributed by atoms with van der Waals surface area (Å²) < 4.78 is 0. The summed E-state index contributed by atoms with van der Waals surface area (Å²) in [7, 11) is 0. The number of carboxylic acids is 1. The monoisotopic (exact) mass is 394 g/mol. The number of anilines is 1. The molecule has 29 heavy (non-hydrogen) atoms. The van der Waals surface area contributed by atoms with Crippen LogP contribution in [0.4, 0.5) is 5.69 Å². The van der Waals surface area contributed by atoms with Crippen LogP contribution in [-0.4, -0.2) is 35.5 Å².